The summed E-state index contributed by atoms with van der Waals surface area (Å²) in [5.41, 5.74) is 1.01. The highest BCUT2D eigenvalue weighted by Crippen LogP contribution is 2.40. The lowest BCUT2D eigenvalue weighted by Gasteiger charge is -2.22. The van der Waals surface area contributed by atoms with Gasteiger partial charge in [-0.2, -0.15) is 4.39 Å². The average Bonchev–Trinajstić information content (AvgIpc) is 3.15. The van der Waals surface area contributed by atoms with E-state index in [-0.39, 0.29) is 17.6 Å². The number of hydrogen-bond donors (Lipinski definition) is 1. The van der Waals surface area contributed by atoms with Crippen LogP contribution in [-0.4, -0.2) is 45.7 Å². The van der Waals surface area contributed by atoms with Crippen molar-refractivity contribution in [3.05, 3.63) is 48.3 Å². The summed E-state index contributed by atoms with van der Waals surface area (Å²) in [6, 6.07) is 6.93. The first-order valence-corrected chi connectivity index (χ1v) is 9.23. The molecule has 0 aromatic carbocycles. The fourth-order valence-corrected chi connectivity index (χ4v) is 4.40. The topological polar surface area (TPSA) is 58.5 Å². The molecule has 1 saturated heterocycles. The molecule has 2 aromatic heterocycles. The number of fused-ring (bicyclic) bond motifs is 1. The van der Waals surface area contributed by atoms with Crippen molar-refractivity contribution in [1.29, 1.82) is 0 Å². The van der Waals surface area contributed by atoms with E-state index in [4.69, 9.17) is 4.74 Å². The molecule has 1 aliphatic heterocycles. The van der Waals surface area contributed by atoms with Gasteiger partial charge in [-0.25, -0.2) is 4.98 Å². The van der Waals surface area contributed by atoms with Gasteiger partial charge in [0.1, 0.15) is 5.75 Å². The van der Waals surface area contributed by atoms with Gasteiger partial charge >= 0.3 is 0 Å². The maximum absolute atomic E-state index is 13.7. The zero-order valence-electron chi connectivity index (χ0n) is 14.9. The zero-order valence-corrected chi connectivity index (χ0v) is 14.9. The maximum Gasteiger partial charge on any atom is 0.255 e. The van der Waals surface area contributed by atoms with Crippen molar-refractivity contribution >= 4 is 0 Å². The van der Waals surface area contributed by atoms with E-state index in [0.29, 0.717) is 17.8 Å². The van der Waals surface area contributed by atoms with E-state index in [1.165, 1.54) is 12.4 Å². The molecule has 2 unspecified atom stereocenters. The first-order chi connectivity index (χ1) is 12.6. The lowest BCUT2D eigenvalue weighted by Crippen LogP contribution is -2.28. The first kappa shape index (κ1) is 17.2. The number of pyridine rings is 2. The first-order valence-electron chi connectivity index (χ1n) is 9.23. The van der Waals surface area contributed by atoms with Crippen molar-refractivity contribution in [2.24, 2.45) is 11.8 Å². The molecular weight excluding hydrogens is 333 g/mol. The Kier molecular flexibility index (Phi) is 4.76. The highest BCUT2D eigenvalue weighted by Gasteiger charge is 2.42. The minimum atomic E-state index is -0.526. The molecule has 4 rings (SSSR count). The summed E-state index contributed by atoms with van der Waals surface area (Å²) in [4.78, 5) is 10.5. The third-order valence-corrected chi connectivity index (χ3v) is 5.61. The van der Waals surface area contributed by atoms with E-state index in [1.807, 2.05) is 6.07 Å². The van der Waals surface area contributed by atoms with Crippen LogP contribution in [0.2, 0.25) is 0 Å². The van der Waals surface area contributed by atoms with Gasteiger partial charge < -0.3 is 14.7 Å². The molecule has 0 bridgehead atoms. The van der Waals surface area contributed by atoms with Crippen LogP contribution in [0.5, 0.6) is 11.5 Å². The minimum Gasteiger partial charge on any atom is -0.506 e. The zero-order chi connectivity index (χ0) is 18.1. The summed E-state index contributed by atoms with van der Waals surface area (Å²) in [6.45, 7) is 5.25. The Labute approximate surface area is 152 Å². The summed E-state index contributed by atoms with van der Waals surface area (Å²) in [5, 5.41) is 9.37. The van der Waals surface area contributed by atoms with Crippen LogP contribution in [0.1, 0.15) is 31.4 Å². The normalized spacial score (nSPS) is 26.6. The predicted molar refractivity (Wildman–Crippen MR) is 95.6 cm³/mol. The van der Waals surface area contributed by atoms with E-state index in [1.54, 1.807) is 18.2 Å². The number of aromatic nitrogens is 2. The summed E-state index contributed by atoms with van der Waals surface area (Å²) < 4.78 is 19.5. The van der Waals surface area contributed by atoms with Gasteiger partial charge in [0.05, 0.1) is 12.3 Å². The van der Waals surface area contributed by atoms with Gasteiger partial charge in [0.25, 0.3) is 5.95 Å². The van der Waals surface area contributed by atoms with Crippen LogP contribution in [0.25, 0.3) is 0 Å². The molecule has 5 nitrogen and oxygen atoms in total. The third-order valence-electron chi connectivity index (χ3n) is 5.61. The maximum atomic E-state index is 13.7. The fraction of sp³-hybridized carbons (Fsp3) is 0.500. The molecule has 3 heterocycles. The number of likely N-dealkylation sites (tertiary alicyclic amines) is 1. The molecule has 26 heavy (non-hydrogen) atoms. The van der Waals surface area contributed by atoms with Gasteiger partial charge in [-0.3, -0.25) is 4.98 Å². The number of rotatable bonds is 5. The Morgan fingerprint density at radius 2 is 2.00 bits per heavy atom. The standard InChI is InChI=1S/C20H24FN3O2/c1-13(18-5-4-16(25)9-23-18)10-24-11-14-7-17(8-15(14)12-24)26-19-3-2-6-22-20(19)21/h2-6,9,13-15,17,25H,7-8,10-12H2,1H3/t13?,14-,15+,17?. The van der Waals surface area contributed by atoms with E-state index in [0.717, 1.165) is 38.2 Å². The molecule has 0 amide bonds. The Morgan fingerprint density at radius 3 is 2.65 bits per heavy atom. The summed E-state index contributed by atoms with van der Waals surface area (Å²) in [6.07, 6.45) is 4.97. The Hall–Kier alpha value is -2.21. The van der Waals surface area contributed by atoms with E-state index in [9.17, 15) is 9.50 Å². The highest BCUT2D eigenvalue weighted by molar-refractivity contribution is 5.20. The smallest absolute Gasteiger partial charge is 0.255 e. The lowest BCUT2D eigenvalue weighted by atomic mass is 10.0. The van der Waals surface area contributed by atoms with Gasteiger partial charge in [0.2, 0.25) is 0 Å². The SMILES string of the molecule is CC(CN1C[C@H]2CC(Oc3cccnc3F)C[C@H]2C1)c1ccc(O)cn1. The fourth-order valence-electron chi connectivity index (χ4n) is 4.40. The summed E-state index contributed by atoms with van der Waals surface area (Å²) in [7, 11) is 0. The molecular formula is C20H24FN3O2. The molecule has 1 saturated carbocycles. The molecule has 2 aliphatic rings. The minimum absolute atomic E-state index is 0.0852. The number of aromatic hydroxyl groups is 1. The number of halogens is 1. The van der Waals surface area contributed by atoms with E-state index < -0.39 is 5.95 Å². The lowest BCUT2D eigenvalue weighted by molar-refractivity contribution is 0.175. The van der Waals surface area contributed by atoms with Gasteiger partial charge in [-0.15, -0.1) is 0 Å². The largest absolute Gasteiger partial charge is 0.506 e. The van der Waals surface area contributed by atoms with E-state index >= 15 is 0 Å². The monoisotopic (exact) mass is 357 g/mol. The molecule has 138 valence electrons. The van der Waals surface area contributed by atoms with Crippen molar-refractivity contribution in [1.82, 2.24) is 14.9 Å². The van der Waals surface area contributed by atoms with Crippen molar-refractivity contribution in [3.63, 3.8) is 0 Å². The quantitative estimate of drug-likeness (QED) is 0.833. The number of nitrogens with zero attached hydrogens (tertiary/aromatic N) is 3. The summed E-state index contributed by atoms with van der Waals surface area (Å²) >= 11 is 0. The second kappa shape index (κ2) is 7.19. The summed E-state index contributed by atoms with van der Waals surface area (Å²) in [5.74, 6) is 1.49. The second-order valence-electron chi connectivity index (χ2n) is 7.58. The molecule has 6 heteroatoms. The second-order valence-corrected chi connectivity index (χ2v) is 7.58. The Morgan fingerprint density at radius 1 is 1.23 bits per heavy atom. The number of ether oxygens (including phenoxy) is 1. The molecule has 1 N–H and O–H groups in total. The van der Waals surface area contributed by atoms with Crippen LogP contribution in [0.15, 0.2) is 36.7 Å². The van der Waals surface area contributed by atoms with Crippen LogP contribution < -0.4 is 4.74 Å². The average molecular weight is 357 g/mol. The molecule has 0 radical (unpaired) electrons. The van der Waals surface area contributed by atoms with Crippen LogP contribution in [0.3, 0.4) is 0 Å². The van der Waals surface area contributed by atoms with Crippen molar-refractivity contribution in [2.45, 2.75) is 31.8 Å². The van der Waals surface area contributed by atoms with Gasteiger partial charge in [-0.05, 0) is 48.9 Å². The van der Waals surface area contributed by atoms with Gasteiger partial charge in [0.15, 0.2) is 5.75 Å². The molecule has 2 fully saturated rings. The van der Waals surface area contributed by atoms with Crippen molar-refractivity contribution < 1.29 is 14.2 Å². The Balaban J connectivity index is 1.29. The van der Waals surface area contributed by atoms with Gasteiger partial charge in [-0.1, -0.05) is 6.92 Å². The number of hydrogen-bond acceptors (Lipinski definition) is 5. The van der Waals surface area contributed by atoms with Crippen LogP contribution >= 0.6 is 0 Å². The molecule has 2 aromatic rings. The molecule has 1 aliphatic carbocycles. The van der Waals surface area contributed by atoms with Crippen LogP contribution in [0, 0.1) is 17.8 Å². The highest BCUT2D eigenvalue weighted by atomic mass is 19.1. The molecule has 4 atom stereocenters. The predicted octanol–water partition coefficient (Wildman–Crippen LogP) is 3.21. The van der Waals surface area contributed by atoms with E-state index in [2.05, 4.69) is 21.8 Å². The third kappa shape index (κ3) is 3.65. The van der Waals surface area contributed by atoms with Crippen LogP contribution in [0.4, 0.5) is 4.39 Å². The van der Waals surface area contributed by atoms with Crippen molar-refractivity contribution in [3.8, 4) is 11.5 Å². The van der Waals surface area contributed by atoms with Crippen molar-refractivity contribution in [2.75, 3.05) is 19.6 Å². The van der Waals surface area contributed by atoms with Crippen LogP contribution in [-0.2, 0) is 0 Å². The Bertz CT molecular complexity index is 741. The molecule has 0 spiro atoms. The van der Waals surface area contributed by atoms with Gasteiger partial charge in [0, 0.05) is 37.4 Å².